The Morgan fingerprint density at radius 2 is 2.56 bits per heavy atom. The molecule has 0 amide bonds. The van der Waals surface area contributed by atoms with Crippen molar-refractivity contribution in [3.05, 3.63) is 36.5 Å². The molecule has 9 heavy (non-hydrogen) atoms. The van der Waals surface area contributed by atoms with E-state index in [4.69, 9.17) is 0 Å². The standard InChI is InChI=1S/C8H9.Li/c1-2-5-8-6-3-4-7-8;/h2-3,6H,1,4-5H2;/q-1;+1. The van der Waals surface area contributed by atoms with Crippen LogP contribution in [-0.2, 0) is 0 Å². The van der Waals surface area contributed by atoms with Crippen molar-refractivity contribution < 1.29 is 18.9 Å². The molecule has 0 spiro atoms. The number of hydrogen-bond donors (Lipinski definition) is 0. The van der Waals surface area contributed by atoms with E-state index in [0.717, 1.165) is 12.8 Å². The molecule has 1 aliphatic carbocycles. The zero-order chi connectivity index (χ0) is 5.82. The van der Waals surface area contributed by atoms with Gasteiger partial charge >= 0.3 is 18.9 Å². The first-order valence-corrected chi connectivity index (χ1v) is 2.80. The van der Waals surface area contributed by atoms with Gasteiger partial charge in [0.2, 0.25) is 0 Å². The molecule has 0 atom stereocenters. The summed E-state index contributed by atoms with van der Waals surface area (Å²) in [6, 6.07) is 0. The van der Waals surface area contributed by atoms with Gasteiger partial charge in [-0.3, -0.25) is 6.08 Å². The maximum absolute atomic E-state index is 3.63. The van der Waals surface area contributed by atoms with Crippen molar-refractivity contribution in [2.24, 2.45) is 0 Å². The predicted octanol–water partition coefficient (Wildman–Crippen LogP) is -0.744. The Hall–Kier alpha value is -0.183. The SMILES string of the molecule is C=CCC1=[C-]CC=C1.[Li+]. The van der Waals surface area contributed by atoms with Crippen molar-refractivity contribution in [3.63, 3.8) is 0 Å². The molecule has 0 aromatic heterocycles. The van der Waals surface area contributed by atoms with Crippen molar-refractivity contribution in [2.75, 3.05) is 0 Å². The van der Waals surface area contributed by atoms with Crippen molar-refractivity contribution in [3.8, 4) is 0 Å². The van der Waals surface area contributed by atoms with Crippen LogP contribution in [0.5, 0.6) is 0 Å². The normalized spacial score (nSPS) is 14.4. The van der Waals surface area contributed by atoms with Crippen LogP contribution in [0, 0.1) is 6.08 Å². The van der Waals surface area contributed by atoms with E-state index in [1.165, 1.54) is 5.57 Å². The minimum atomic E-state index is 0. The van der Waals surface area contributed by atoms with Crippen LogP contribution < -0.4 is 18.9 Å². The van der Waals surface area contributed by atoms with E-state index in [1.807, 2.05) is 6.08 Å². The van der Waals surface area contributed by atoms with Crippen LogP contribution in [0.1, 0.15) is 12.8 Å². The smallest absolute Gasteiger partial charge is 0.269 e. The summed E-state index contributed by atoms with van der Waals surface area (Å²) >= 11 is 0. The van der Waals surface area contributed by atoms with Gasteiger partial charge in [-0.15, -0.1) is 13.0 Å². The first-order chi connectivity index (χ1) is 3.93. The van der Waals surface area contributed by atoms with Crippen LogP contribution in [0.3, 0.4) is 0 Å². The molecular weight excluding hydrogens is 103 g/mol. The van der Waals surface area contributed by atoms with Gasteiger partial charge < -0.3 is 0 Å². The molecule has 1 rings (SSSR count). The van der Waals surface area contributed by atoms with Gasteiger partial charge in [0.15, 0.2) is 0 Å². The van der Waals surface area contributed by atoms with Gasteiger partial charge in [-0.2, -0.15) is 6.08 Å². The zero-order valence-electron chi connectivity index (χ0n) is 5.85. The van der Waals surface area contributed by atoms with Gasteiger partial charge in [0.05, 0.1) is 0 Å². The van der Waals surface area contributed by atoms with E-state index >= 15 is 0 Å². The van der Waals surface area contributed by atoms with E-state index in [9.17, 15) is 0 Å². The summed E-state index contributed by atoms with van der Waals surface area (Å²) < 4.78 is 0. The van der Waals surface area contributed by atoms with Gasteiger partial charge in [0.25, 0.3) is 0 Å². The Kier molecular flexibility index (Phi) is 4.58. The number of hydrogen-bond acceptors (Lipinski definition) is 0. The molecule has 0 bridgehead atoms. The second-order valence-electron chi connectivity index (χ2n) is 1.80. The molecule has 0 heterocycles. The number of allylic oxidation sites excluding steroid dienone is 5. The largest absolute Gasteiger partial charge is 1.00 e. The molecule has 0 aliphatic heterocycles. The summed E-state index contributed by atoms with van der Waals surface area (Å²) in [5.41, 5.74) is 1.28. The third-order valence-electron chi connectivity index (χ3n) is 1.13. The molecule has 42 valence electrons. The Morgan fingerprint density at radius 1 is 1.78 bits per heavy atom. The molecule has 0 radical (unpaired) electrons. The molecule has 0 saturated heterocycles. The molecule has 0 saturated carbocycles. The van der Waals surface area contributed by atoms with Gasteiger partial charge in [0.1, 0.15) is 0 Å². The minimum Gasteiger partial charge on any atom is -0.269 e. The summed E-state index contributed by atoms with van der Waals surface area (Å²) in [6.07, 6.45) is 11.3. The molecule has 1 aliphatic rings. The Bertz CT molecular complexity index is 143. The van der Waals surface area contributed by atoms with Crippen LogP contribution in [-0.4, -0.2) is 0 Å². The zero-order valence-corrected chi connectivity index (χ0v) is 5.85. The second kappa shape index (κ2) is 4.67. The van der Waals surface area contributed by atoms with Crippen LogP contribution in [0.15, 0.2) is 30.4 Å². The minimum absolute atomic E-state index is 0. The summed E-state index contributed by atoms with van der Waals surface area (Å²) in [4.78, 5) is 0. The van der Waals surface area contributed by atoms with E-state index < -0.39 is 0 Å². The van der Waals surface area contributed by atoms with Gasteiger partial charge in [0, 0.05) is 0 Å². The fourth-order valence-corrected chi connectivity index (χ4v) is 0.746. The van der Waals surface area contributed by atoms with Crippen LogP contribution in [0.4, 0.5) is 0 Å². The number of rotatable bonds is 2. The van der Waals surface area contributed by atoms with E-state index in [-0.39, 0.29) is 18.9 Å². The molecule has 0 aromatic carbocycles. The fourth-order valence-electron chi connectivity index (χ4n) is 0.746. The van der Waals surface area contributed by atoms with Gasteiger partial charge in [-0.05, 0) is 6.42 Å². The molecular formula is C8H9Li. The van der Waals surface area contributed by atoms with Crippen molar-refractivity contribution in [1.29, 1.82) is 0 Å². The van der Waals surface area contributed by atoms with Crippen LogP contribution in [0.2, 0.25) is 0 Å². The Labute approximate surface area is 68.5 Å². The second-order valence-corrected chi connectivity index (χ2v) is 1.80. The average molecular weight is 112 g/mol. The van der Waals surface area contributed by atoms with E-state index in [1.54, 1.807) is 0 Å². The molecule has 0 nitrogen and oxygen atoms in total. The Morgan fingerprint density at radius 3 is 3.00 bits per heavy atom. The third kappa shape index (κ3) is 2.74. The maximum atomic E-state index is 3.63. The van der Waals surface area contributed by atoms with Crippen LogP contribution in [0.25, 0.3) is 0 Å². The monoisotopic (exact) mass is 112 g/mol. The predicted molar refractivity (Wildman–Crippen MR) is 35.3 cm³/mol. The molecule has 0 fully saturated rings. The maximum Gasteiger partial charge on any atom is 1.00 e. The van der Waals surface area contributed by atoms with Crippen LogP contribution >= 0.6 is 0 Å². The molecule has 0 N–H and O–H groups in total. The van der Waals surface area contributed by atoms with E-state index in [2.05, 4.69) is 24.8 Å². The molecule has 0 unspecified atom stereocenters. The molecule has 0 aromatic rings. The Balaban J connectivity index is 0.000000640. The summed E-state index contributed by atoms with van der Waals surface area (Å²) in [6.45, 7) is 3.63. The first-order valence-electron chi connectivity index (χ1n) is 2.80. The summed E-state index contributed by atoms with van der Waals surface area (Å²) in [7, 11) is 0. The topological polar surface area (TPSA) is 0 Å². The molecule has 1 heteroatoms. The fraction of sp³-hybridized carbons (Fsp3) is 0.250. The summed E-state index contributed by atoms with van der Waals surface area (Å²) in [5, 5.41) is 0. The van der Waals surface area contributed by atoms with Gasteiger partial charge in [-0.1, -0.05) is 6.08 Å². The van der Waals surface area contributed by atoms with Gasteiger partial charge in [-0.25, -0.2) is 11.6 Å². The average Bonchev–Trinajstić information content (AvgIpc) is 2.19. The van der Waals surface area contributed by atoms with Crippen molar-refractivity contribution >= 4 is 0 Å². The van der Waals surface area contributed by atoms with E-state index in [0.29, 0.717) is 0 Å². The summed E-state index contributed by atoms with van der Waals surface area (Å²) in [5.74, 6) is 0. The third-order valence-corrected chi connectivity index (χ3v) is 1.13. The van der Waals surface area contributed by atoms with Crippen molar-refractivity contribution in [2.45, 2.75) is 12.8 Å². The van der Waals surface area contributed by atoms with Crippen molar-refractivity contribution in [1.82, 2.24) is 0 Å². The first kappa shape index (κ1) is 8.82. The quantitative estimate of drug-likeness (QED) is 0.250.